The third-order valence-electron chi connectivity index (χ3n) is 3.25. The number of phenolic OH excluding ortho intramolecular Hbond substituents is 1. The highest BCUT2D eigenvalue weighted by atomic mass is 32.2. The van der Waals surface area contributed by atoms with Gasteiger partial charge < -0.3 is 10.4 Å². The van der Waals surface area contributed by atoms with Crippen LogP contribution < -0.4 is 5.32 Å². The monoisotopic (exact) mass is 273 g/mol. The summed E-state index contributed by atoms with van der Waals surface area (Å²) in [6.45, 7) is 2.07. The average Bonchev–Trinajstić information content (AvgIpc) is 2.55. The van der Waals surface area contributed by atoms with Crippen molar-refractivity contribution in [2.45, 2.75) is 25.4 Å². The molecule has 1 aromatic rings. The first-order valence-electron chi connectivity index (χ1n) is 5.73. The van der Waals surface area contributed by atoms with E-state index in [0.29, 0.717) is 12.0 Å². The first-order valence-corrected chi connectivity index (χ1v) is 7.55. The molecule has 2 rings (SSSR count). The van der Waals surface area contributed by atoms with Crippen LogP contribution in [0, 0.1) is 5.82 Å². The second-order valence-corrected chi connectivity index (χ2v) is 7.21. The molecule has 0 saturated carbocycles. The summed E-state index contributed by atoms with van der Waals surface area (Å²) in [5.41, 5.74) is -0.0714. The number of sulfone groups is 1. The second-order valence-electron chi connectivity index (χ2n) is 5.03. The van der Waals surface area contributed by atoms with Gasteiger partial charge in [-0.2, -0.15) is 0 Å². The van der Waals surface area contributed by atoms with E-state index in [-0.39, 0.29) is 23.8 Å². The van der Waals surface area contributed by atoms with Gasteiger partial charge in [-0.05, 0) is 31.5 Å². The van der Waals surface area contributed by atoms with Crippen molar-refractivity contribution in [2.24, 2.45) is 0 Å². The molecule has 1 saturated heterocycles. The van der Waals surface area contributed by atoms with Crippen molar-refractivity contribution in [3.63, 3.8) is 0 Å². The van der Waals surface area contributed by atoms with Gasteiger partial charge in [0.1, 0.15) is 11.6 Å². The Morgan fingerprint density at radius 3 is 2.83 bits per heavy atom. The highest BCUT2D eigenvalue weighted by Crippen LogP contribution is 2.25. The van der Waals surface area contributed by atoms with E-state index >= 15 is 0 Å². The highest BCUT2D eigenvalue weighted by Gasteiger charge is 2.37. The first kappa shape index (κ1) is 13.3. The molecule has 0 bridgehead atoms. The van der Waals surface area contributed by atoms with Gasteiger partial charge in [0.2, 0.25) is 0 Å². The van der Waals surface area contributed by atoms with E-state index < -0.39 is 21.2 Å². The molecule has 1 unspecified atom stereocenters. The minimum Gasteiger partial charge on any atom is -0.508 e. The molecule has 1 fully saturated rings. The van der Waals surface area contributed by atoms with Gasteiger partial charge in [0, 0.05) is 17.6 Å². The van der Waals surface area contributed by atoms with E-state index in [1.807, 2.05) is 6.92 Å². The zero-order chi connectivity index (χ0) is 13.4. The van der Waals surface area contributed by atoms with Gasteiger partial charge in [-0.15, -0.1) is 0 Å². The molecular weight excluding hydrogens is 257 g/mol. The zero-order valence-corrected chi connectivity index (χ0v) is 10.9. The molecule has 4 nitrogen and oxygen atoms in total. The maximum Gasteiger partial charge on any atom is 0.152 e. The topological polar surface area (TPSA) is 66.4 Å². The van der Waals surface area contributed by atoms with Crippen LogP contribution >= 0.6 is 0 Å². The standard InChI is InChI=1S/C12H16FNO3S/c1-12(4-5-18(16,17)8-12)14-7-9-6-10(13)2-3-11(9)15/h2-3,6,14-15H,4-5,7-8H2,1H3. The summed E-state index contributed by atoms with van der Waals surface area (Å²) in [5.74, 6) is -0.163. The molecule has 18 heavy (non-hydrogen) atoms. The number of rotatable bonds is 3. The van der Waals surface area contributed by atoms with Gasteiger partial charge in [0.15, 0.2) is 9.84 Å². The van der Waals surface area contributed by atoms with Crippen LogP contribution in [-0.4, -0.2) is 30.6 Å². The van der Waals surface area contributed by atoms with E-state index in [1.54, 1.807) is 0 Å². The Morgan fingerprint density at radius 1 is 1.50 bits per heavy atom. The highest BCUT2D eigenvalue weighted by molar-refractivity contribution is 7.91. The lowest BCUT2D eigenvalue weighted by molar-refractivity contribution is 0.387. The van der Waals surface area contributed by atoms with Gasteiger partial charge in [0.25, 0.3) is 0 Å². The van der Waals surface area contributed by atoms with Crippen LogP contribution in [0.1, 0.15) is 18.9 Å². The Bertz CT molecular complexity index is 558. The molecule has 1 aliphatic heterocycles. The van der Waals surface area contributed by atoms with Crippen molar-refractivity contribution >= 4 is 9.84 Å². The van der Waals surface area contributed by atoms with Crippen LogP contribution in [0.3, 0.4) is 0 Å². The number of aromatic hydroxyl groups is 1. The van der Waals surface area contributed by atoms with Crippen LogP contribution in [0.25, 0.3) is 0 Å². The number of nitrogens with one attached hydrogen (secondary N) is 1. The lowest BCUT2D eigenvalue weighted by Crippen LogP contribution is -2.42. The van der Waals surface area contributed by atoms with Gasteiger partial charge in [0.05, 0.1) is 11.5 Å². The largest absolute Gasteiger partial charge is 0.508 e. The van der Waals surface area contributed by atoms with E-state index in [0.717, 1.165) is 0 Å². The lowest BCUT2D eigenvalue weighted by atomic mass is 10.0. The first-order chi connectivity index (χ1) is 8.30. The quantitative estimate of drug-likeness (QED) is 0.868. The molecule has 1 atom stereocenters. The van der Waals surface area contributed by atoms with Crippen molar-refractivity contribution in [1.82, 2.24) is 5.32 Å². The summed E-state index contributed by atoms with van der Waals surface area (Å²) >= 11 is 0. The summed E-state index contributed by atoms with van der Waals surface area (Å²) in [5, 5.41) is 12.7. The summed E-state index contributed by atoms with van der Waals surface area (Å²) in [7, 11) is -2.98. The number of benzene rings is 1. The molecule has 0 aliphatic carbocycles. The van der Waals surface area contributed by atoms with Gasteiger partial charge in [-0.1, -0.05) is 0 Å². The van der Waals surface area contributed by atoms with Crippen molar-refractivity contribution in [1.29, 1.82) is 0 Å². The van der Waals surface area contributed by atoms with Crippen molar-refractivity contribution in [2.75, 3.05) is 11.5 Å². The Hall–Kier alpha value is -1.14. The Kier molecular flexibility index (Phi) is 3.33. The maximum absolute atomic E-state index is 13.0. The SMILES string of the molecule is CC1(NCc2cc(F)ccc2O)CCS(=O)(=O)C1. The lowest BCUT2D eigenvalue weighted by Gasteiger charge is -2.24. The van der Waals surface area contributed by atoms with Crippen LogP contribution in [-0.2, 0) is 16.4 Å². The van der Waals surface area contributed by atoms with Crippen LogP contribution in [0.15, 0.2) is 18.2 Å². The zero-order valence-electron chi connectivity index (χ0n) is 10.1. The van der Waals surface area contributed by atoms with Crippen molar-refractivity contribution in [3.05, 3.63) is 29.6 Å². The molecule has 0 radical (unpaired) electrons. The smallest absolute Gasteiger partial charge is 0.152 e. The van der Waals surface area contributed by atoms with Gasteiger partial charge >= 0.3 is 0 Å². The van der Waals surface area contributed by atoms with E-state index in [1.165, 1.54) is 18.2 Å². The molecule has 6 heteroatoms. The number of hydrogen-bond donors (Lipinski definition) is 2. The molecule has 0 spiro atoms. The van der Waals surface area contributed by atoms with Crippen molar-refractivity contribution in [3.8, 4) is 5.75 Å². The fraction of sp³-hybridized carbons (Fsp3) is 0.500. The minimum atomic E-state index is -2.98. The molecular formula is C12H16FNO3S. The van der Waals surface area contributed by atoms with E-state index in [4.69, 9.17) is 0 Å². The molecule has 100 valence electrons. The molecule has 2 N–H and O–H groups in total. The van der Waals surface area contributed by atoms with Crippen LogP contribution in [0.5, 0.6) is 5.75 Å². The normalized spacial score (nSPS) is 26.3. The molecule has 1 aromatic carbocycles. The van der Waals surface area contributed by atoms with E-state index in [2.05, 4.69) is 5.32 Å². The fourth-order valence-electron chi connectivity index (χ4n) is 2.15. The Labute approximate surface area is 106 Å². The molecule has 0 amide bonds. The van der Waals surface area contributed by atoms with Gasteiger partial charge in [-0.3, -0.25) is 0 Å². The molecule has 0 aromatic heterocycles. The number of phenols is 1. The maximum atomic E-state index is 13.0. The Morgan fingerprint density at radius 2 is 2.22 bits per heavy atom. The summed E-state index contributed by atoms with van der Waals surface area (Å²) in [6, 6.07) is 3.72. The predicted octanol–water partition coefficient (Wildman–Crippen LogP) is 1.20. The third kappa shape index (κ3) is 3.00. The third-order valence-corrected chi connectivity index (χ3v) is 5.15. The predicted molar refractivity (Wildman–Crippen MR) is 66.6 cm³/mol. The van der Waals surface area contributed by atoms with E-state index in [9.17, 15) is 17.9 Å². The Balaban J connectivity index is 2.06. The van der Waals surface area contributed by atoms with Gasteiger partial charge in [-0.25, -0.2) is 12.8 Å². The average molecular weight is 273 g/mol. The number of hydrogen-bond acceptors (Lipinski definition) is 4. The summed E-state index contributed by atoms with van der Waals surface area (Å²) in [6.07, 6.45) is 0.533. The summed E-state index contributed by atoms with van der Waals surface area (Å²) < 4.78 is 35.9. The number of halogens is 1. The fourth-order valence-corrected chi connectivity index (χ4v) is 4.28. The van der Waals surface area contributed by atoms with Crippen molar-refractivity contribution < 1.29 is 17.9 Å². The van der Waals surface area contributed by atoms with Crippen LogP contribution in [0.2, 0.25) is 0 Å². The van der Waals surface area contributed by atoms with Crippen LogP contribution in [0.4, 0.5) is 4.39 Å². The molecule has 1 heterocycles. The molecule has 1 aliphatic rings. The minimum absolute atomic E-state index is 0.00774. The second kappa shape index (κ2) is 4.51. The summed E-state index contributed by atoms with van der Waals surface area (Å²) in [4.78, 5) is 0.